The first kappa shape index (κ1) is 16.8. The molecule has 0 aromatic carbocycles. The number of nitrogens with one attached hydrogen (secondary N) is 1. The van der Waals surface area contributed by atoms with Crippen molar-refractivity contribution < 1.29 is 4.79 Å². The molecule has 21 heavy (non-hydrogen) atoms. The molecule has 0 aromatic heterocycles. The molecule has 1 aliphatic heterocycles. The third-order valence-electron chi connectivity index (χ3n) is 5.02. The molecule has 1 aliphatic carbocycles. The summed E-state index contributed by atoms with van der Waals surface area (Å²) < 4.78 is 0. The second-order valence-corrected chi connectivity index (χ2v) is 7.25. The van der Waals surface area contributed by atoms with Crippen LogP contribution in [0.1, 0.15) is 58.3 Å². The monoisotopic (exact) mass is 295 g/mol. The third-order valence-corrected chi connectivity index (χ3v) is 5.02. The Balaban J connectivity index is 1.54. The number of likely N-dealkylation sites (tertiary alicyclic amines) is 1. The summed E-state index contributed by atoms with van der Waals surface area (Å²) in [6.07, 6.45) is 9.13. The topological polar surface area (TPSA) is 58.4 Å². The fourth-order valence-electron chi connectivity index (χ4n) is 3.78. The highest BCUT2D eigenvalue weighted by Gasteiger charge is 2.20. The van der Waals surface area contributed by atoms with Crippen LogP contribution in [-0.2, 0) is 4.79 Å². The molecular formula is C17H33N3O. The van der Waals surface area contributed by atoms with E-state index >= 15 is 0 Å². The predicted octanol–water partition coefficient (Wildman–Crippen LogP) is 2.13. The van der Waals surface area contributed by atoms with Crippen LogP contribution in [0, 0.1) is 11.8 Å². The van der Waals surface area contributed by atoms with Crippen LogP contribution in [0.2, 0.25) is 0 Å². The van der Waals surface area contributed by atoms with Gasteiger partial charge in [-0.2, -0.15) is 0 Å². The van der Waals surface area contributed by atoms with Crippen LogP contribution in [0.4, 0.5) is 0 Å². The van der Waals surface area contributed by atoms with Crippen molar-refractivity contribution in [2.45, 2.75) is 64.3 Å². The number of carbonyl (C=O) groups is 1. The van der Waals surface area contributed by atoms with E-state index in [9.17, 15) is 4.79 Å². The zero-order valence-corrected chi connectivity index (χ0v) is 13.7. The molecule has 3 atom stereocenters. The molecule has 1 amide bonds. The van der Waals surface area contributed by atoms with Gasteiger partial charge >= 0.3 is 0 Å². The van der Waals surface area contributed by atoms with E-state index in [-0.39, 0.29) is 5.91 Å². The average molecular weight is 295 g/mol. The molecule has 2 rings (SSSR count). The van der Waals surface area contributed by atoms with Crippen molar-refractivity contribution in [3.63, 3.8) is 0 Å². The van der Waals surface area contributed by atoms with Crippen LogP contribution in [0.5, 0.6) is 0 Å². The van der Waals surface area contributed by atoms with Crippen LogP contribution in [0.3, 0.4) is 0 Å². The number of hydrogen-bond acceptors (Lipinski definition) is 3. The molecule has 122 valence electrons. The molecule has 1 saturated heterocycles. The van der Waals surface area contributed by atoms with Gasteiger partial charge in [-0.15, -0.1) is 0 Å². The van der Waals surface area contributed by atoms with Gasteiger partial charge in [0.1, 0.15) is 0 Å². The van der Waals surface area contributed by atoms with Gasteiger partial charge in [-0.3, -0.25) is 4.79 Å². The maximum absolute atomic E-state index is 12.0. The Labute approximate surface area is 129 Å². The maximum Gasteiger partial charge on any atom is 0.220 e. The van der Waals surface area contributed by atoms with Gasteiger partial charge in [0, 0.05) is 25.6 Å². The minimum absolute atomic E-state index is 0.224. The van der Waals surface area contributed by atoms with Crippen LogP contribution in [-0.4, -0.2) is 43.0 Å². The van der Waals surface area contributed by atoms with E-state index in [2.05, 4.69) is 17.1 Å². The van der Waals surface area contributed by atoms with Crippen molar-refractivity contribution in [2.75, 3.05) is 26.2 Å². The Bertz CT molecular complexity index is 315. The van der Waals surface area contributed by atoms with E-state index in [1.807, 2.05) is 0 Å². The minimum atomic E-state index is 0.224. The van der Waals surface area contributed by atoms with Crippen molar-refractivity contribution in [3.8, 4) is 0 Å². The first-order valence-corrected chi connectivity index (χ1v) is 8.88. The van der Waals surface area contributed by atoms with Crippen molar-refractivity contribution in [1.82, 2.24) is 10.2 Å². The molecule has 2 aliphatic rings. The first-order valence-electron chi connectivity index (χ1n) is 8.88. The smallest absolute Gasteiger partial charge is 0.220 e. The molecular weight excluding hydrogens is 262 g/mol. The van der Waals surface area contributed by atoms with E-state index in [4.69, 9.17) is 5.73 Å². The van der Waals surface area contributed by atoms with Gasteiger partial charge in [-0.05, 0) is 57.0 Å². The van der Waals surface area contributed by atoms with E-state index < -0.39 is 0 Å². The Morgan fingerprint density at radius 2 is 2.05 bits per heavy atom. The standard InChI is InChI=1S/C17H33N3O/c1-14(13-20-9-2-3-10-20)12-19-17(21)8-7-15-5-4-6-16(18)11-15/h14-16H,2-13,18H2,1H3,(H,19,21). The Morgan fingerprint density at radius 3 is 2.76 bits per heavy atom. The lowest BCUT2D eigenvalue weighted by atomic mass is 9.83. The van der Waals surface area contributed by atoms with Gasteiger partial charge < -0.3 is 16.0 Å². The van der Waals surface area contributed by atoms with E-state index in [1.165, 1.54) is 38.8 Å². The molecule has 1 saturated carbocycles. The lowest BCUT2D eigenvalue weighted by Crippen LogP contribution is -2.34. The van der Waals surface area contributed by atoms with Gasteiger partial charge in [-0.1, -0.05) is 19.8 Å². The van der Waals surface area contributed by atoms with E-state index in [0.29, 0.717) is 24.3 Å². The summed E-state index contributed by atoms with van der Waals surface area (Å²) in [5, 5.41) is 3.11. The SMILES string of the molecule is CC(CNC(=O)CCC1CCCC(N)C1)CN1CCCC1. The Morgan fingerprint density at radius 1 is 1.29 bits per heavy atom. The number of hydrogen-bond donors (Lipinski definition) is 2. The summed E-state index contributed by atoms with van der Waals surface area (Å²) in [6, 6.07) is 0.368. The molecule has 1 heterocycles. The summed E-state index contributed by atoms with van der Waals surface area (Å²) in [5.41, 5.74) is 6.00. The molecule has 4 heteroatoms. The molecule has 4 nitrogen and oxygen atoms in total. The van der Waals surface area contributed by atoms with Gasteiger partial charge in [0.25, 0.3) is 0 Å². The van der Waals surface area contributed by atoms with E-state index in [1.54, 1.807) is 0 Å². The number of carbonyl (C=O) groups excluding carboxylic acids is 1. The van der Waals surface area contributed by atoms with Gasteiger partial charge in [0.05, 0.1) is 0 Å². The average Bonchev–Trinajstić information content (AvgIpc) is 2.96. The Kier molecular flexibility index (Phi) is 6.97. The molecule has 0 spiro atoms. The third kappa shape index (κ3) is 6.35. The summed E-state index contributed by atoms with van der Waals surface area (Å²) in [4.78, 5) is 14.5. The predicted molar refractivity (Wildman–Crippen MR) is 87.0 cm³/mol. The van der Waals surface area contributed by atoms with Crippen molar-refractivity contribution in [3.05, 3.63) is 0 Å². The fourth-order valence-corrected chi connectivity index (χ4v) is 3.78. The molecule has 2 fully saturated rings. The highest BCUT2D eigenvalue weighted by Crippen LogP contribution is 2.26. The highest BCUT2D eigenvalue weighted by atomic mass is 16.1. The van der Waals surface area contributed by atoms with Crippen LogP contribution in [0.15, 0.2) is 0 Å². The lowest BCUT2D eigenvalue weighted by Gasteiger charge is -2.26. The summed E-state index contributed by atoms with van der Waals surface area (Å²) in [6.45, 7) is 6.65. The quantitative estimate of drug-likeness (QED) is 0.756. The number of nitrogens with two attached hydrogens (primary N) is 1. The molecule has 3 N–H and O–H groups in total. The van der Waals surface area contributed by atoms with Crippen LogP contribution >= 0.6 is 0 Å². The molecule has 0 radical (unpaired) electrons. The number of rotatable bonds is 7. The van der Waals surface area contributed by atoms with Crippen LogP contribution in [0.25, 0.3) is 0 Å². The molecule has 0 bridgehead atoms. The largest absolute Gasteiger partial charge is 0.356 e. The second kappa shape index (κ2) is 8.74. The minimum Gasteiger partial charge on any atom is -0.356 e. The normalized spacial score (nSPS) is 28.5. The summed E-state index contributed by atoms with van der Waals surface area (Å²) in [5.74, 6) is 1.44. The highest BCUT2D eigenvalue weighted by molar-refractivity contribution is 5.75. The van der Waals surface area contributed by atoms with Crippen molar-refractivity contribution in [2.24, 2.45) is 17.6 Å². The van der Waals surface area contributed by atoms with Gasteiger partial charge in [0.2, 0.25) is 5.91 Å². The number of nitrogens with zero attached hydrogens (tertiary/aromatic N) is 1. The zero-order chi connectivity index (χ0) is 15.1. The zero-order valence-electron chi connectivity index (χ0n) is 13.7. The molecule has 3 unspecified atom stereocenters. The summed E-state index contributed by atoms with van der Waals surface area (Å²) in [7, 11) is 0. The number of amides is 1. The van der Waals surface area contributed by atoms with Crippen molar-refractivity contribution >= 4 is 5.91 Å². The van der Waals surface area contributed by atoms with Crippen LogP contribution < -0.4 is 11.1 Å². The van der Waals surface area contributed by atoms with Gasteiger partial charge in [0.15, 0.2) is 0 Å². The first-order chi connectivity index (χ1) is 10.1. The maximum atomic E-state index is 12.0. The second-order valence-electron chi connectivity index (χ2n) is 7.25. The Hall–Kier alpha value is -0.610. The van der Waals surface area contributed by atoms with E-state index in [0.717, 1.165) is 32.4 Å². The molecule has 0 aromatic rings. The lowest BCUT2D eigenvalue weighted by molar-refractivity contribution is -0.121. The van der Waals surface area contributed by atoms with Crippen molar-refractivity contribution in [1.29, 1.82) is 0 Å². The summed E-state index contributed by atoms with van der Waals surface area (Å²) >= 11 is 0. The van der Waals surface area contributed by atoms with Gasteiger partial charge in [-0.25, -0.2) is 0 Å². The fraction of sp³-hybridized carbons (Fsp3) is 0.941.